The van der Waals surface area contributed by atoms with Gasteiger partial charge in [0, 0.05) is 43.6 Å². The Balaban J connectivity index is 1.41. The van der Waals surface area contributed by atoms with Crippen LogP contribution in [0.3, 0.4) is 0 Å². The van der Waals surface area contributed by atoms with Crippen LogP contribution in [0.4, 0.5) is 0 Å². The second-order valence-corrected chi connectivity index (χ2v) is 8.39. The Morgan fingerprint density at radius 1 is 1.32 bits per heavy atom. The Morgan fingerprint density at radius 3 is 2.76 bits per heavy atom. The number of fused-ring (bicyclic) bond motifs is 1. The minimum atomic E-state index is -0.965. The third kappa shape index (κ3) is 3.22. The first-order chi connectivity index (χ1) is 11.9. The molecule has 0 saturated carbocycles. The summed E-state index contributed by atoms with van der Waals surface area (Å²) in [6, 6.07) is 8.26. The van der Waals surface area contributed by atoms with Gasteiger partial charge in [0.15, 0.2) is 0 Å². The van der Waals surface area contributed by atoms with E-state index in [9.17, 15) is 10.2 Å². The molecule has 2 bridgehead atoms. The van der Waals surface area contributed by atoms with Crippen molar-refractivity contribution in [1.29, 1.82) is 0 Å². The van der Waals surface area contributed by atoms with Crippen LogP contribution in [0.2, 0.25) is 0 Å². The molecule has 0 unspecified atom stereocenters. The highest BCUT2D eigenvalue weighted by Gasteiger charge is 2.62. The fourth-order valence-corrected chi connectivity index (χ4v) is 4.83. The number of likely N-dealkylation sites (tertiary alicyclic amines) is 1. The maximum Gasteiger partial charge on any atom is 0.120 e. The largest absolute Gasteiger partial charge is 0.396 e. The van der Waals surface area contributed by atoms with Gasteiger partial charge in [0.1, 0.15) is 5.60 Å². The first-order valence-corrected chi connectivity index (χ1v) is 9.24. The zero-order valence-corrected chi connectivity index (χ0v) is 15.0. The molecule has 1 aromatic rings. The summed E-state index contributed by atoms with van der Waals surface area (Å²) in [6.45, 7) is 6.52. The first-order valence-electron chi connectivity index (χ1n) is 9.24. The van der Waals surface area contributed by atoms with Gasteiger partial charge in [0.2, 0.25) is 0 Å². The minimum absolute atomic E-state index is 0.00378. The standard InChI is InChI=1S/C21H27NO3/c1-20(2,24)9-7-15-3-5-16(6-4-15)11-22-12-18-17(13-23)19-8-10-21(18,14-22)25-19/h3-6,17-19,23-24H,8,10-14H2,1-2H3/t17-,18+,19+,21+/m0/s1. The summed E-state index contributed by atoms with van der Waals surface area (Å²) in [5.41, 5.74) is 1.22. The van der Waals surface area contributed by atoms with Gasteiger partial charge in [-0.05, 0) is 44.4 Å². The molecular weight excluding hydrogens is 314 g/mol. The van der Waals surface area contributed by atoms with Crippen LogP contribution >= 0.6 is 0 Å². The normalized spacial score (nSPS) is 34.0. The maximum absolute atomic E-state index is 9.72. The summed E-state index contributed by atoms with van der Waals surface area (Å²) in [4.78, 5) is 2.46. The van der Waals surface area contributed by atoms with Gasteiger partial charge in [0.25, 0.3) is 0 Å². The summed E-state index contributed by atoms with van der Waals surface area (Å²) in [6.07, 6.45) is 2.52. The van der Waals surface area contributed by atoms with E-state index < -0.39 is 5.60 Å². The van der Waals surface area contributed by atoms with Crippen molar-refractivity contribution in [3.8, 4) is 11.8 Å². The molecule has 3 saturated heterocycles. The summed E-state index contributed by atoms with van der Waals surface area (Å²) >= 11 is 0. The molecule has 4 heteroatoms. The Bertz CT molecular complexity index is 697. The van der Waals surface area contributed by atoms with Crippen LogP contribution < -0.4 is 0 Å². The SMILES string of the molecule is CC(C)(O)C#Cc1ccc(CN2C[C@@H]3[C@H](CO)[C@H]4CC[C@]3(C2)O4)cc1. The molecule has 0 aromatic heterocycles. The number of benzene rings is 1. The molecule has 25 heavy (non-hydrogen) atoms. The Morgan fingerprint density at radius 2 is 2.08 bits per heavy atom. The van der Waals surface area contributed by atoms with Crippen LogP contribution in [0.15, 0.2) is 24.3 Å². The molecule has 3 aliphatic heterocycles. The van der Waals surface area contributed by atoms with Gasteiger partial charge < -0.3 is 14.9 Å². The van der Waals surface area contributed by atoms with Crippen LogP contribution in [0.1, 0.15) is 37.8 Å². The zero-order chi connectivity index (χ0) is 17.7. The summed E-state index contributed by atoms with van der Waals surface area (Å²) < 4.78 is 6.29. The molecule has 3 aliphatic rings. The second kappa shape index (κ2) is 6.10. The molecule has 0 aliphatic carbocycles. The third-order valence-corrected chi connectivity index (χ3v) is 5.94. The van der Waals surface area contributed by atoms with Crippen LogP contribution in [0.5, 0.6) is 0 Å². The van der Waals surface area contributed by atoms with Crippen LogP contribution in [-0.4, -0.2) is 52.1 Å². The lowest BCUT2D eigenvalue weighted by atomic mass is 9.74. The molecule has 4 rings (SSSR count). The smallest absolute Gasteiger partial charge is 0.120 e. The monoisotopic (exact) mass is 341 g/mol. The molecule has 1 spiro atoms. The predicted octanol–water partition coefficient (Wildman–Crippen LogP) is 1.78. The van der Waals surface area contributed by atoms with E-state index in [-0.39, 0.29) is 18.3 Å². The molecule has 0 amide bonds. The van der Waals surface area contributed by atoms with E-state index in [0.29, 0.717) is 11.8 Å². The van der Waals surface area contributed by atoms with Crippen molar-refractivity contribution in [1.82, 2.24) is 4.90 Å². The molecular formula is C21H27NO3. The van der Waals surface area contributed by atoms with Gasteiger partial charge in [-0.25, -0.2) is 0 Å². The van der Waals surface area contributed by atoms with Crippen molar-refractivity contribution >= 4 is 0 Å². The van der Waals surface area contributed by atoms with Crippen LogP contribution in [0, 0.1) is 23.7 Å². The van der Waals surface area contributed by atoms with Crippen LogP contribution in [0.25, 0.3) is 0 Å². The highest BCUT2D eigenvalue weighted by Crippen LogP contribution is 2.54. The van der Waals surface area contributed by atoms with E-state index in [2.05, 4.69) is 28.9 Å². The molecule has 1 aromatic carbocycles. The van der Waals surface area contributed by atoms with Gasteiger partial charge >= 0.3 is 0 Å². The lowest BCUT2D eigenvalue weighted by molar-refractivity contribution is 0.000380. The third-order valence-electron chi connectivity index (χ3n) is 5.94. The predicted molar refractivity (Wildman–Crippen MR) is 95.8 cm³/mol. The van der Waals surface area contributed by atoms with Gasteiger partial charge in [-0.15, -0.1) is 0 Å². The van der Waals surface area contributed by atoms with Crippen molar-refractivity contribution in [2.45, 2.75) is 50.5 Å². The van der Waals surface area contributed by atoms with E-state index in [1.54, 1.807) is 13.8 Å². The molecule has 0 radical (unpaired) electrons. The number of hydrogen-bond acceptors (Lipinski definition) is 4. The number of aliphatic hydroxyl groups is 2. The highest BCUT2D eigenvalue weighted by atomic mass is 16.5. The maximum atomic E-state index is 9.72. The van der Waals surface area contributed by atoms with Crippen molar-refractivity contribution in [3.63, 3.8) is 0 Å². The fraction of sp³-hybridized carbons (Fsp3) is 0.619. The molecule has 3 fully saturated rings. The first kappa shape index (κ1) is 17.1. The average Bonchev–Trinajstić information content (AvgIpc) is 3.20. The fourth-order valence-electron chi connectivity index (χ4n) is 4.83. The lowest BCUT2D eigenvalue weighted by Gasteiger charge is -2.28. The van der Waals surface area contributed by atoms with E-state index in [0.717, 1.165) is 38.0 Å². The Hall–Kier alpha value is -1.38. The summed E-state index contributed by atoms with van der Waals surface area (Å²) in [7, 11) is 0. The van der Waals surface area contributed by atoms with Crippen molar-refractivity contribution in [2.75, 3.05) is 19.7 Å². The van der Waals surface area contributed by atoms with E-state index >= 15 is 0 Å². The summed E-state index contributed by atoms with van der Waals surface area (Å²) in [5, 5.41) is 19.4. The Labute approximate surface area is 149 Å². The number of nitrogens with zero attached hydrogens (tertiary/aromatic N) is 1. The summed E-state index contributed by atoms with van der Waals surface area (Å²) in [5.74, 6) is 6.65. The van der Waals surface area contributed by atoms with Gasteiger partial charge in [-0.2, -0.15) is 0 Å². The minimum Gasteiger partial charge on any atom is -0.396 e. The number of hydrogen-bond donors (Lipinski definition) is 2. The number of rotatable bonds is 3. The second-order valence-electron chi connectivity index (χ2n) is 8.39. The number of ether oxygens (including phenoxy) is 1. The molecule has 134 valence electrons. The van der Waals surface area contributed by atoms with Crippen molar-refractivity contribution in [2.24, 2.45) is 11.8 Å². The van der Waals surface area contributed by atoms with E-state index in [4.69, 9.17) is 4.74 Å². The van der Waals surface area contributed by atoms with Crippen molar-refractivity contribution in [3.05, 3.63) is 35.4 Å². The van der Waals surface area contributed by atoms with Crippen LogP contribution in [-0.2, 0) is 11.3 Å². The van der Waals surface area contributed by atoms with E-state index in [1.165, 1.54) is 5.56 Å². The topological polar surface area (TPSA) is 52.9 Å². The molecule has 4 atom stereocenters. The van der Waals surface area contributed by atoms with Gasteiger partial charge in [-0.1, -0.05) is 24.0 Å². The van der Waals surface area contributed by atoms with Crippen molar-refractivity contribution < 1.29 is 14.9 Å². The van der Waals surface area contributed by atoms with E-state index in [1.807, 2.05) is 12.1 Å². The number of aliphatic hydroxyl groups excluding tert-OH is 1. The Kier molecular flexibility index (Phi) is 4.16. The quantitative estimate of drug-likeness (QED) is 0.823. The average molecular weight is 341 g/mol. The van der Waals surface area contributed by atoms with Gasteiger partial charge in [0.05, 0.1) is 11.7 Å². The highest BCUT2D eigenvalue weighted by molar-refractivity contribution is 5.37. The lowest BCUT2D eigenvalue weighted by Crippen LogP contribution is -2.37. The van der Waals surface area contributed by atoms with Gasteiger partial charge in [-0.3, -0.25) is 4.90 Å². The molecule has 4 nitrogen and oxygen atoms in total. The molecule has 2 N–H and O–H groups in total. The zero-order valence-electron chi connectivity index (χ0n) is 15.0. The molecule has 3 heterocycles.